The number of benzene rings is 1. The van der Waals surface area contributed by atoms with E-state index < -0.39 is 0 Å². The molecule has 0 heterocycles. The van der Waals surface area contributed by atoms with Crippen LogP contribution in [-0.4, -0.2) is 31.6 Å². The summed E-state index contributed by atoms with van der Waals surface area (Å²) in [4.78, 5) is 2.25. The summed E-state index contributed by atoms with van der Waals surface area (Å²) in [5.74, 6) is 0. The molecule has 0 unspecified atom stereocenters. The van der Waals surface area contributed by atoms with Gasteiger partial charge in [0.1, 0.15) is 0 Å². The lowest BCUT2D eigenvalue weighted by atomic mass is 10.3. The number of anilines is 1. The van der Waals surface area contributed by atoms with Crippen molar-refractivity contribution in [3.05, 3.63) is 29.3 Å². The third kappa shape index (κ3) is 3.56. The van der Waals surface area contributed by atoms with Crippen LogP contribution in [0.2, 0.25) is 5.02 Å². The minimum atomic E-state index is 0.784. The molecule has 1 aromatic rings. The number of rotatable bonds is 5. The predicted octanol–water partition coefficient (Wildman–Crippen LogP) is 2.70. The maximum Gasteiger partial charge on any atom is 0.0637 e. The van der Waals surface area contributed by atoms with Crippen LogP contribution in [0.5, 0.6) is 0 Å². The molecule has 0 saturated heterocycles. The summed E-state index contributed by atoms with van der Waals surface area (Å²) >= 11 is 6.00. The van der Waals surface area contributed by atoms with Gasteiger partial charge >= 0.3 is 0 Å². The van der Waals surface area contributed by atoms with Gasteiger partial charge in [0.2, 0.25) is 0 Å². The summed E-state index contributed by atoms with van der Waals surface area (Å²) in [7, 11) is 2.11. The Balaban J connectivity index is 2.35. The number of para-hydroxylation sites is 1. The SMILES string of the molecule is CCN(C)CCNc1ccccc1Cl. The van der Waals surface area contributed by atoms with Crippen LogP contribution in [0.3, 0.4) is 0 Å². The summed E-state index contributed by atoms with van der Waals surface area (Å²) in [5.41, 5.74) is 1.01. The van der Waals surface area contributed by atoms with Gasteiger partial charge in [-0.05, 0) is 25.7 Å². The van der Waals surface area contributed by atoms with Crippen LogP contribution in [0.25, 0.3) is 0 Å². The minimum absolute atomic E-state index is 0.784. The van der Waals surface area contributed by atoms with Crippen molar-refractivity contribution in [2.24, 2.45) is 0 Å². The van der Waals surface area contributed by atoms with E-state index in [-0.39, 0.29) is 0 Å². The lowest BCUT2D eigenvalue weighted by molar-refractivity contribution is 0.367. The first-order chi connectivity index (χ1) is 6.74. The number of nitrogens with one attached hydrogen (secondary N) is 1. The molecule has 1 rings (SSSR count). The van der Waals surface area contributed by atoms with Crippen LogP contribution in [0, 0.1) is 0 Å². The van der Waals surface area contributed by atoms with Crippen molar-refractivity contribution in [2.45, 2.75) is 6.92 Å². The van der Waals surface area contributed by atoms with Gasteiger partial charge in [0.15, 0.2) is 0 Å². The predicted molar refractivity (Wildman–Crippen MR) is 63.1 cm³/mol. The number of halogens is 1. The van der Waals surface area contributed by atoms with E-state index in [0.717, 1.165) is 30.3 Å². The zero-order chi connectivity index (χ0) is 10.4. The van der Waals surface area contributed by atoms with Crippen LogP contribution in [0.15, 0.2) is 24.3 Å². The van der Waals surface area contributed by atoms with Gasteiger partial charge in [0.05, 0.1) is 10.7 Å². The lowest BCUT2D eigenvalue weighted by Gasteiger charge is -2.15. The quantitative estimate of drug-likeness (QED) is 0.808. The standard InChI is InChI=1S/C11H17ClN2/c1-3-14(2)9-8-13-11-7-5-4-6-10(11)12/h4-7,13H,3,8-9H2,1-2H3. The van der Waals surface area contributed by atoms with Gasteiger partial charge in [-0.3, -0.25) is 0 Å². The Morgan fingerprint density at radius 1 is 1.36 bits per heavy atom. The number of hydrogen-bond donors (Lipinski definition) is 1. The zero-order valence-electron chi connectivity index (χ0n) is 8.76. The number of nitrogens with zero attached hydrogens (tertiary/aromatic N) is 1. The highest BCUT2D eigenvalue weighted by atomic mass is 35.5. The van der Waals surface area contributed by atoms with Crippen molar-refractivity contribution < 1.29 is 0 Å². The van der Waals surface area contributed by atoms with Crippen molar-refractivity contribution in [2.75, 3.05) is 32.0 Å². The molecule has 78 valence electrons. The first kappa shape index (κ1) is 11.3. The van der Waals surface area contributed by atoms with Crippen molar-refractivity contribution in [3.8, 4) is 0 Å². The third-order valence-electron chi connectivity index (χ3n) is 2.22. The van der Waals surface area contributed by atoms with Gasteiger partial charge in [0, 0.05) is 13.1 Å². The molecule has 0 saturated carbocycles. The van der Waals surface area contributed by atoms with Crippen molar-refractivity contribution in [1.82, 2.24) is 4.90 Å². The van der Waals surface area contributed by atoms with Crippen molar-refractivity contribution >= 4 is 17.3 Å². The number of likely N-dealkylation sites (N-methyl/N-ethyl adjacent to an activating group) is 1. The molecular formula is C11H17ClN2. The van der Waals surface area contributed by atoms with Crippen LogP contribution in [-0.2, 0) is 0 Å². The van der Waals surface area contributed by atoms with E-state index in [4.69, 9.17) is 11.6 Å². The summed E-state index contributed by atoms with van der Waals surface area (Å²) in [6.45, 7) is 5.18. The molecular weight excluding hydrogens is 196 g/mol. The second kappa shape index (κ2) is 5.89. The molecule has 14 heavy (non-hydrogen) atoms. The maximum atomic E-state index is 6.00. The normalized spacial score (nSPS) is 10.6. The van der Waals surface area contributed by atoms with Gasteiger partial charge < -0.3 is 10.2 Å². The summed E-state index contributed by atoms with van der Waals surface area (Å²) in [6, 6.07) is 7.81. The fourth-order valence-electron chi connectivity index (χ4n) is 1.14. The molecule has 0 fully saturated rings. The highest BCUT2D eigenvalue weighted by molar-refractivity contribution is 6.33. The average Bonchev–Trinajstić information content (AvgIpc) is 2.20. The van der Waals surface area contributed by atoms with Gasteiger partial charge in [-0.15, -0.1) is 0 Å². The Hall–Kier alpha value is -0.730. The van der Waals surface area contributed by atoms with Gasteiger partial charge in [-0.1, -0.05) is 30.7 Å². The Labute approximate surface area is 90.9 Å². The van der Waals surface area contributed by atoms with Crippen LogP contribution >= 0.6 is 11.6 Å². The molecule has 0 spiro atoms. The van der Waals surface area contributed by atoms with Crippen LogP contribution in [0.4, 0.5) is 5.69 Å². The first-order valence-corrected chi connectivity index (χ1v) is 5.28. The Kier molecular flexibility index (Phi) is 4.77. The molecule has 1 aromatic carbocycles. The molecule has 0 aliphatic carbocycles. The topological polar surface area (TPSA) is 15.3 Å². The highest BCUT2D eigenvalue weighted by Gasteiger charge is 1.98. The van der Waals surface area contributed by atoms with E-state index in [0.29, 0.717) is 0 Å². The monoisotopic (exact) mass is 212 g/mol. The van der Waals surface area contributed by atoms with Gasteiger partial charge in [0.25, 0.3) is 0 Å². The largest absolute Gasteiger partial charge is 0.383 e. The van der Waals surface area contributed by atoms with E-state index in [1.165, 1.54) is 0 Å². The Bertz CT molecular complexity index is 276. The fourth-order valence-corrected chi connectivity index (χ4v) is 1.35. The molecule has 0 radical (unpaired) electrons. The molecule has 0 aliphatic rings. The molecule has 0 aromatic heterocycles. The Morgan fingerprint density at radius 2 is 2.07 bits per heavy atom. The summed E-state index contributed by atoms with van der Waals surface area (Å²) in [6.07, 6.45) is 0. The van der Waals surface area contributed by atoms with E-state index in [1.807, 2.05) is 24.3 Å². The molecule has 1 N–H and O–H groups in total. The zero-order valence-corrected chi connectivity index (χ0v) is 9.51. The van der Waals surface area contributed by atoms with Crippen LogP contribution in [0.1, 0.15) is 6.92 Å². The molecule has 0 amide bonds. The smallest absolute Gasteiger partial charge is 0.0637 e. The van der Waals surface area contributed by atoms with Gasteiger partial charge in [-0.25, -0.2) is 0 Å². The molecule has 3 heteroatoms. The summed E-state index contributed by atoms with van der Waals surface area (Å²) < 4.78 is 0. The van der Waals surface area contributed by atoms with Crippen molar-refractivity contribution in [3.63, 3.8) is 0 Å². The fraction of sp³-hybridized carbons (Fsp3) is 0.455. The second-order valence-corrected chi connectivity index (χ2v) is 3.71. The molecule has 0 atom stereocenters. The summed E-state index contributed by atoms with van der Waals surface area (Å²) in [5, 5.41) is 4.09. The second-order valence-electron chi connectivity index (χ2n) is 3.30. The number of hydrogen-bond acceptors (Lipinski definition) is 2. The van der Waals surface area contributed by atoms with E-state index in [2.05, 4.69) is 24.2 Å². The minimum Gasteiger partial charge on any atom is -0.383 e. The van der Waals surface area contributed by atoms with E-state index in [9.17, 15) is 0 Å². The molecule has 0 aliphatic heterocycles. The van der Waals surface area contributed by atoms with Gasteiger partial charge in [-0.2, -0.15) is 0 Å². The first-order valence-electron chi connectivity index (χ1n) is 4.91. The van der Waals surface area contributed by atoms with E-state index >= 15 is 0 Å². The molecule has 2 nitrogen and oxygen atoms in total. The average molecular weight is 213 g/mol. The van der Waals surface area contributed by atoms with E-state index in [1.54, 1.807) is 0 Å². The Morgan fingerprint density at radius 3 is 2.71 bits per heavy atom. The van der Waals surface area contributed by atoms with Crippen LogP contribution < -0.4 is 5.32 Å². The van der Waals surface area contributed by atoms with Crippen molar-refractivity contribution in [1.29, 1.82) is 0 Å². The highest BCUT2D eigenvalue weighted by Crippen LogP contribution is 2.19. The maximum absolute atomic E-state index is 6.00. The third-order valence-corrected chi connectivity index (χ3v) is 2.55. The lowest BCUT2D eigenvalue weighted by Crippen LogP contribution is -2.24. The molecule has 0 bridgehead atoms.